The van der Waals surface area contributed by atoms with Crippen molar-refractivity contribution in [2.45, 2.75) is 38.5 Å². The van der Waals surface area contributed by atoms with Crippen molar-refractivity contribution >= 4 is 22.7 Å². The van der Waals surface area contributed by atoms with Crippen LogP contribution in [-0.2, 0) is 0 Å². The standard InChI is InChI=1S/C17H24N2S/c1-5-18-16(12-20-17(2,3)4)14-9-8-13-7-6-10-19-15(13)11-14/h6-11,16,18H,5,12H2,1-4H3. The Kier molecular flexibility index (Phi) is 5.06. The Balaban J connectivity index is 2.21. The van der Waals surface area contributed by atoms with Crippen LogP contribution in [-0.4, -0.2) is 22.0 Å². The number of nitrogens with zero attached hydrogens (tertiary/aromatic N) is 1. The molecule has 0 aliphatic heterocycles. The summed E-state index contributed by atoms with van der Waals surface area (Å²) >= 11 is 2.00. The highest BCUT2D eigenvalue weighted by molar-refractivity contribution is 8.00. The fourth-order valence-corrected chi connectivity index (χ4v) is 3.13. The normalized spacial score (nSPS) is 13.6. The van der Waals surface area contributed by atoms with Gasteiger partial charge in [0.15, 0.2) is 0 Å². The molecule has 0 saturated heterocycles. The zero-order chi connectivity index (χ0) is 14.6. The lowest BCUT2D eigenvalue weighted by atomic mass is 10.1. The smallest absolute Gasteiger partial charge is 0.0705 e. The van der Waals surface area contributed by atoms with Gasteiger partial charge in [-0.25, -0.2) is 0 Å². The van der Waals surface area contributed by atoms with E-state index in [-0.39, 0.29) is 0 Å². The molecule has 0 aliphatic rings. The van der Waals surface area contributed by atoms with Crippen LogP contribution in [0, 0.1) is 0 Å². The molecule has 2 aromatic rings. The van der Waals surface area contributed by atoms with Crippen molar-refractivity contribution in [3.63, 3.8) is 0 Å². The van der Waals surface area contributed by atoms with Gasteiger partial charge >= 0.3 is 0 Å². The predicted octanol–water partition coefficient (Wildman–Crippen LogP) is 4.42. The first-order chi connectivity index (χ1) is 9.49. The van der Waals surface area contributed by atoms with Crippen LogP contribution in [0.5, 0.6) is 0 Å². The molecule has 0 spiro atoms. The minimum Gasteiger partial charge on any atom is -0.310 e. The second-order valence-electron chi connectivity index (χ2n) is 5.99. The van der Waals surface area contributed by atoms with E-state index < -0.39 is 0 Å². The van der Waals surface area contributed by atoms with Gasteiger partial charge in [-0.2, -0.15) is 11.8 Å². The van der Waals surface area contributed by atoms with E-state index in [0.29, 0.717) is 10.8 Å². The zero-order valence-electron chi connectivity index (χ0n) is 12.8. The average Bonchev–Trinajstić information content (AvgIpc) is 2.42. The Morgan fingerprint density at radius 1 is 1.25 bits per heavy atom. The van der Waals surface area contributed by atoms with Crippen LogP contribution in [0.3, 0.4) is 0 Å². The van der Waals surface area contributed by atoms with Gasteiger partial charge in [0.25, 0.3) is 0 Å². The molecule has 108 valence electrons. The first kappa shape index (κ1) is 15.3. The van der Waals surface area contributed by atoms with Crippen LogP contribution in [0.25, 0.3) is 10.9 Å². The molecule has 0 saturated carbocycles. The van der Waals surface area contributed by atoms with Gasteiger partial charge in [-0.3, -0.25) is 4.98 Å². The summed E-state index contributed by atoms with van der Waals surface area (Å²) < 4.78 is 0.294. The fourth-order valence-electron chi connectivity index (χ4n) is 2.15. The number of nitrogens with one attached hydrogen (secondary N) is 1. The third-order valence-electron chi connectivity index (χ3n) is 3.17. The SMILES string of the molecule is CCNC(CSC(C)(C)C)c1ccc2cccnc2c1. The van der Waals surface area contributed by atoms with Gasteiger partial charge in [-0.05, 0) is 24.2 Å². The summed E-state index contributed by atoms with van der Waals surface area (Å²) in [5.41, 5.74) is 2.41. The minimum absolute atomic E-state index is 0.294. The predicted molar refractivity (Wildman–Crippen MR) is 90.4 cm³/mol. The molecular weight excluding hydrogens is 264 g/mol. The van der Waals surface area contributed by atoms with Crippen molar-refractivity contribution in [1.29, 1.82) is 0 Å². The van der Waals surface area contributed by atoms with Crippen LogP contribution in [0.4, 0.5) is 0 Å². The Morgan fingerprint density at radius 3 is 2.75 bits per heavy atom. The Labute approximate surface area is 126 Å². The van der Waals surface area contributed by atoms with Gasteiger partial charge in [0.2, 0.25) is 0 Å². The molecule has 2 nitrogen and oxygen atoms in total. The fraction of sp³-hybridized carbons (Fsp3) is 0.471. The Morgan fingerprint density at radius 2 is 2.05 bits per heavy atom. The van der Waals surface area contributed by atoms with Crippen molar-refractivity contribution < 1.29 is 0 Å². The lowest BCUT2D eigenvalue weighted by molar-refractivity contribution is 0.603. The molecule has 1 aromatic heterocycles. The molecule has 0 bridgehead atoms. The molecule has 2 rings (SSSR count). The van der Waals surface area contributed by atoms with E-state index >= 15 is 0 Å². The lowest BCUT2D eigenvalue weighted by Crippen LogP contribution is -2.25. The molecule has 20 heavy (non-hydrogen) atoms. The number of aromatic nitrogens is 1. The van der Waals surface area contributed by atoms with E-state index in [2.05, 4.69) is 62.3 Å². The first-order valence-corrected chi connectivity index (χ1v) is 8.20. The maximum Gasteiger partial charge on any atom is 0.0705 e. The molecule has 1 atom stereocenters. The van der Waals surface area contributed by atoms with E-state index in [4.69, 9.17) is 0 Å². The van der Waals surface area contributed by atoms with Crippen LogP contribution < -0.4 is 5.32 Å². The quantitative estimate of drug-likeness (QED) is 0.881. The highest BCUT2D eigenvalue weighted by atomic mass is 32.2. The molecule has 0 radical (unpaired) electrons. The van der Waals surface area contributed by atoms with Crippen molar-refractivity contribution in [2.75, 3.05) is 12.3 Å². The highest BCUT2D eigenvalue weighted by Gasteiger charge is 2.17. The molecule has 1 heterocycles. The van der Waals surface area contributed by atoms with Gasteiger partial charge in [-0.1, -0.05) is 45.9 Å². The van der Waals surface area contributed by atoms with Crippen molar-refractivity contribution in [3.05, 3.63) is 42.1 Å². The van der Waals surface area contributed by atoms with Crippen molar-refractivity contribution in [3.8, 4) is 0 Å². The highest BCUT2D eigenvalue weighted by Crippen LogP contribution is 2.29. The lowest BCUT2D eigenvalue weighted by Gasteiger charge is -2.24. The van der Waals surface area contributed by atoms with E-state index in [1.54, 1.807) is 0 Å². The van der Waals surface area contributed by atoms with Crippen molar-refractivity contribution in [1.82, 2.24) is 10.3 Å². The second kappa shape index (κ2) is 6.59. The molecule has 0 aliphatic carbocycles. The topological polar surface area (TPSA) is 24.9 Å². The maximum atomic E-state index is 4.46. The summed E-state index contributed by atoms with van der Waals surface area (Å²) in [6.07, 6.45) is 1.86. The van der Waals surface area contributed by atoms with Gasteiger partial charge in [0.1, 0.15) is 0 Å². The number of fused-ring (bicyclic) bond motifs is 1. The average molecular weight is 288 g/mol. The van der Waals surface area contributed by atoms with Gasteiger partial charge < -0.3 is 5.32 Å². The zero-order valence-corrected chi connectivity index (χ0v) is 13.6. The molecular formula is C17H24N2S. The molecule has 0 amide bonds. The number of pyridine rings is 1. The molecule has 0 fully saturated rings. The van der Waals surface area contributed by atoms with Gasteiger partial charge in [-0.15, -0.1) is 0 Å². The van der Waals surface area contributed by atoms with E-state index in [0.717, 1.165) is 17.8 Å². The van der Waals surface area contributed by atoms with E-state index in [9.17, 15) is 0 Å². The first-order valence-electron chi connectivity index (χ1n) is 7.21. The number of benzene rings is 1. The summed E-state index contributed by atoms with van der Waals surface area (Å²) in [5, 5.41) is 4.79. The Bertz CT molecular complexity index is 560. The number of hydrogen-bond donors (Lipinski definition) is 1. The maximum absolute atomic E-state index is 4.46. The third kappa shape index (κ3) is 4.22. The summed E-state index contributed by atoms with van der Waals surface area (Å²) in [5.74, 6) is 1.08. The summed E-state index contributed by atoms with van der Waals surface area (Å²) in [4.78, 5) is 4.46. The second-order valence-corrected chi connectivity index (χ2v) is 7.84. The van der Waals surface area contributed by atoms with Gasteiger partial charge in [0, 0.05) is 28.1 Å². The molecule has 1 unspecified atom stereocenters. The number of thioether (sulfide) groups is 1. The number of hydrogen-bond acceptors (Lipinski definition) is 3. The van der Waals surface area contributed by atoms with Crippen LogP contribution in [0.15, 0.2) is 36.5 Å². The van der Waals surface area contributed by atoms with Gasteiger partial charge in [0.05, 0.1) is 5.52 Å². The van der Waals surface area contributed by atoms with Crippen LogP contribution in [0.1, 0.15) is 39.3 Å². The van der Waals surface area contributed by atoms with Crippen LogP contribution >= 0.6 is 11.8 Å². The van der Waals surface area contributed by atoms with Crippen molar-refractivity contribution in [2.24, 2.45) is 0 Å². The largest absolute Gasteiger partial charge is 0.310 e. The summed E-state index contributed by atoms with van der Waals surface area (Å²) in [6, 6.07) is 11.1. The molecule has 1 aromatic carbocycles. The molecule has 3 heteroatoms. The summed E-state index contributed by atoms with van der Waals surface area (Å²) in [6.45, 7) is 9.94. The third-order valence-corrected chi connectivity index (χ3v) is 4.53. The summed E-state index contributed by atoms with van der Waals surface area (Å²) in [7, 11) is 0. The monoisotopic (exact) mass is 288 g/mol. The minimum atomic E-state index is 0.294. The molecule has 1 N–H and O–H groups in total. The van der Waals surface area contributed by atoms with E-state index in [1.165, 1.54) is 10.9 Å². The Hall–Kier alpha value is -1.06. The number of rotatable bonds is 5. The van der Waals surface area contributed by atoms with Crippen LogP contribution in [0.2, 0.25) is 0 Å². The van der Waals surface area contributed by atoms with E-state index in [1.807, 2.05) is 24.0 Å².